The highest BCUT2D eigenvalue weighted by Crippen LogP contribution is 2.09. The maximum absolute atomic E-state index is 11.0. The molecule has 2 heteroatoms. The first-order chi connectivity index (χ1) is 7.22. The van der Waals surface area contributed by atoms with Gasteiger partial charge in [-0.1, -0.05) is 49.4 Å². The summed E-state index contributed by atoms with van der Waals surface area (Å²) in [5, 5.41) is 0. The molecule has 0 bridgehead atoms. The van der Waals surface area contributed by atoms with Crippen LogP contribution in [0.1, 0.15) is 18.9 Å². The molecule has 0 aromatic heterocycles. The molecule has 0 heterocycles. The molecule has 0 spiro atoms. The van der Waals surface area contributed by atoms with E-state index in [9.17, 15) is 4.79 Å². The van der Waals surface area contributed by atoms with Crippen molar-refractivity contribution in [3.05, 3.63) is 42.0 Å². The monoisotopic (exact) mass is 204 g/mol. The fraction of sp³-hybridized carbons (Fsp3) is 0.308. The first-order valence-corrected chi connectivity index (χ1v) is 5.02. The standard InChI is InChI=1S/C13H16O2/c1-11(10-13(14)15-2)8-9-12-6-4-3-5-7-12/h3-9,11H,10H2,1-2H3/b9-8+. The zero-order valence-electron chi connectivity index (χ0n) is 9.14. The van der Waals surface area contributed by atoms with E-state index in [4.69, 9.17) is 0 Å². The highest BCUT2D eigenvalue weighted by atomic mass is 16.5. The minimum Gasteiger partial charge on any atom is -0.469 e. The minimum atomic E-state index is -0.166. The van der Waals surface area contributed by atoms with Gasteiger partial charge < -0.3 is 4.74 Å². The molecule has 0 amide bonds. The quantitative estimate of drug-likeness (QED) is 0.705. The van der Waals surface area contributed by atoms with E-state index in [1.54, 1.807) is 0 Å². The number of carbonyl (C=O) groups excluding carboxylic acids is 1. The molecule has 0 aliphatic rings. The van der Waals surface area contributed by atoms with Gasteiger partial charge in [-0.2, -0.15) is 0 Å². The van der Waals surface area contributed by atoms with Crippen LogP contribution in [0.5, 0.6) is 0 Å². The van der Waals surface area contributed by atoms with Gasteiger partial charge in [0.15, 0.2) is 0 Å². The Morgan fingerprint density at radius 1 is 1.40 bits per heavy atom. The van der Waals surface area contributed by atoms with Gasteiger partial charge in [0.2, 0.25) is 0 Å². The normalized spacial score (nSPS) is 12.7. The van der Waals surface area contributed by atoms with Crippen LogP contribution in [0.4, 0.5) is 0 Å². The van der Waals surface area contributed by atoms with Crippen LogP contribution >= 0.6 is 0 Å². The Morgan fingerprint density at radius 2 is 2.07 bits per heavy atom. The fourth-order valence-electron chi connectivity index (χ4n) is 1.25. The molecular formula is C13H16O2. The second-order valence-corrected chi connectivity index (χ2v) is 3.53. The van der Waals surface area contributed by atoms with Crippen molar-refractivity contribution in [1.82, 2.24) is 0 Å². The Labute approximate surface area is 90.6 Å². The maximum Gasteiger partial charge on any atom is 0.306 e. The zero-order valence-corrected chi connectivity index (χ0v) is 9.14. The van der Waals surface area contributed by atoms with Crippen molar-refractivity contribution in [2.24, 2.45) is 5.92 Å². The maximum atomic E-state index is 11.0. The van der Waals surface area contributed by atoms with Gasteiger partial charge in [0, 0.05) is 0 Å². The molecule has 1 aromatic rings. The molecule has 0 radical (unpaired) electrons. The molecule has 80 valence electrons. The molecule has 15 heavy (non-hydrogen) atoms. The zero-order chi connectivity index (χ0) is 11.1. The van der Waals surface area contributed by atoms with Gasteiger partial charge in [-0.15, -0.1) is 0 Å². The van der Waals surface area contributed by atoms with E-state index in [-0.39, 0.29) is 11.9 Å². The van der Waals surface area contributed by atoms with Gasteiger partial charge in [0.1, 0.15) is 0 Å². The summed E-state index contributed by atoms with van der Waals surface area (Å²) in [5.41, 5.74) is 1.15. The lowest BCUT2D eigenvalue weighted by molar-refractivity contribution is -0.141. The van der Waals surface area contributed by atoms with Crippen LogP contribution in [0.15, 0.2) is 36.4 Å². The molecule has 0 saturated carbocycles. The molecule has 0 aliphatic heterocycles. The number of carbonyl (C=O) groups is 1. The van der Waals surface area contributed by atoms with Crippen molar-refractivity contribution < 1.29 is 9.53 Å². The van der Waals surface area contributed by atoms with Crippen molar-refractivity contribution in [2.45, 2.75) is 13.3 Å². The lowest BCUT2D eigenvalue weighted by Gasteiger charge is -2.03. The van der Waals surface area contributed by atoms with Crippen LogP contribution < -0.4 is 0 Å². The summed E-state index contributed by atoms with van der Waals surface area (Å²) in [6.45, 7) is 2.00. The Morgan fingerprint density at radius 3 is 2.67 bits per heavy atom. The SMILES string of the molecule is COC(=O)CC(C)/C=C/c1ccccc1. The van der Waals surface area contributed by atoms with Crippen molar-refractivity contribution >= 4 is 12.0 Å². The Balaban J connectivity index is 2.47. The van der Waals surface area contributed by atoms with Crippen molar-refractivity contribution in [1.29, 1.82) is 0 Å². The summed E-state index contributed by atoms with van der Waals surface area (Å²) >= 11 is 0. The number of hydrogen-bond acceptors (Lipinski definition) is 2. The van der Waals surface area contributed by atoms with Crippen LogP contribution in [-0.2, 0) is 9.53 Å². The molecule has 1 unspecified atom stereocenters. The first kappa shape index (κ1) is 11.5. The van der Waals surface area contributed by atoms with E-state index in [2.05, 4.69) is 4.74 Å². The third kappa shape index (κ3) is 4.45. The number of benzene rings is 1. The lowest BCUT2D eigenvalue weighted by Crippen LogP contribution is -2.04. The van der Waals surface area contributed by atoms with Crippen molar-refractivity contribution in [3.63, 3.8) is 0 Å². The third-order valence-electron chi connectivity index (χ3n) is 2.13. The minimum absolute atomic E-state index is 0.166. The van der Waals surface area contributed by atoms with Crippen LogP contribution in [0.2, 0.25) is 0 Å². The van der Waals surface area contributed by atoms with Crippen LogP contribution in [0.3, 0.4) is 0 Å². The predicted molar refractivity (Wildman–Crippen MR) is 61.3 cm³/mol. The van der Waals surface area contributed by atoms with Gasteiger partial charge in [-0.3, -0.25) is 4.79 Å². The third-order valence-corrected chi connectivity index (χ3v) is 2.13. The lowest BCUT2D eigenvalue weighted by atomic mass is 10.1. The van der Waals surface area contributed by atoms with Gasteiger partial charge >= 0.3 is 5.97 Å². The van der Waals surface area contributed by atoms with Crippen molar-refractivity contribution in [2.75, 3.05) is 7.11 Å². The number of ether oxygens (including phenoxy) is 1. The molecule has 2 nitrogen and oxygen atoms in total. The van der Waals surface area contributed by atoms with Gasteiger partial charge in [0.25, 0.3) is 0 Å². The summed E-state index contributed by atoms with van der Waals surface area (Å²) in [6, 6.07) is 10.0. The summed E-state index contributed by atoms with van der Waals surface area (Å²) < 4.78 is 4.60. The second-order valence-electron chi connectivity index (χ2n) is 3.53. The van der Waals surface area contributed by atoms with Gasteiger partial charge in [-0.25, -0.2) is 0 Å². The molecule has 1 aromatic carbocycles. The molecule has 1 atom stereocenters. The summed E-state index contributed by atoms with van der Waals surface area (Å²) in [5.74, 6) is 0.0397. The Bertz CT molecular complexity index is 328. The van der Waals surface area contributed by atoms with E-state index in [1.807, 2.05) is 49.4 Å². The molecule has 0 N–H and O–H groups in total. The largest absolute Gasteiger partial charge is 0.469 e. The summed E-state index contributed by atoms with van der Waals surface area (Å²) in [4.78, 5) is 11.0. The molecule has 0 fully saturated rings. The summed E-state index contributed by atoms with van der Waals surface area (Å²) in [6.07, 6.45) is 4.47. The highest BCUT2D eigenvalue weighted by Gasteiger charge is 2.04. The van der Waals surface area contributed by atoms with E-state index in [0.29, 0.717) is 6.42 Å². The number of hydrogen-bond donors (Lipinski definition) is 0. The topological polar surface area (TPSA) is 26.3 Å². The average Bonchev–Trinajstić information content (AvgIpc) is 2.27. The van der Waals surface area contributed by atoms with E-state index < -0.39 is 0 Å². The van der Waals surface area contributed by atoms with Gasteiger partial charge in [-0.05, 0) is 11.5 Å². The van der Waals surface area contributed by atoms with Crippen molar-refractivity contribution in [3.8, 4) is 0 Å². The van der Waals surface area contributed by atoms with E-state index >= 15 is 0 Å². The Hall–Kier alpha value is -1.57. The molecular weight excluding hydrogens is 188 g/mol. The number of methoxy groups -OCH3 is 1. The Kier molecular flexibility index (Phi) is 4.61. The molecule has 1 rings (SSSR count). The molecule has 0 aliphatic carbocycles. The van der Waals surface area contributed by atoms with Crippen LogP contribution in [0.25, 0.3) is 6.08 Å². The number of esters is 1. The first-order valence-electron chi connectivity index (χ1n) is 5.02. The molecule has 0 saturated heterocycles. The number of allylic oxidation sites excluding steroid dienone is 1. The highest BCUT2D eigenvalue weighted by molar-refractivity contribution is 5.70. The van der Waals surface area contributed by atoms with Crippen LogP contribution in [-0.4, -0.2) is 13.1 Å². The van der Waals surface area contributed by atoms with Crippen LogP contribution in [0, 0.1) is 5.92 Å². The van der Waals surface area contributed by atoms with Gasteiger partial charge in [0.05, 0.1) is 13.5 Å². The van der Waals surface area contributed by atoms with E-state index in [1.165, 1.54) is 7.11 Å². The smallest absolute Gasteiger partial charge is 0.306 e. The predicted octanol–water partition coefficient (Wildman–Crippen LogP) is 2.90. The van der Waals surface area contributed by atoms with E-state index in [0.717, 1.165) is 5.56 Å². The summed E-state index contributed by atoms with van der Waals surface area (Å²) in [7, 11) is 1.41. The number of rotatable bonds is 4. The second kappa shape index (κ2) is 6.02. The fourth-order valence-corrected chi connectivity index (χ4v) is 1.25. The average molecular weight is 204 g/mol.